The molecule has 0 aliphatic rings. The standard InChI is InChI=1S/C17H22FN3O3/c1-10-4-5-13(8-14(10)18)17-20-16(24-21-17)7-6-15(23)19-12(3)11(2)9-22/h4-5,8,11-12,22H,6-7,9H2,1-3H3,(H,19,23). The van der Waals surface area contributed by atoms with Crippen LogP contribution in [0.4, 0.5) is 4.39 Å². The lowest BCUT2D eigenvalue weighted by atomic mass is 10.1. The van der Waals surface area contributed by atoms with Gasteiger partial charge in [0.15, 0.2) is 0 Å². The monoisotopic (exact) mass is 335 g/mol. The van der Waals surface area contributed by atoms with Crippen molar-refractivity contribution >= 4 is 5.91 Å². The fourth-order valence-electron chi connectivity index (χ4n) is 2.05. The molecule has 0 spiro atoms. The first-order valence-corrected chi connectivity index (χ1v) is 7.90. The van der Waals surface area contributed by atoms with Crippen molar-refractivity contribution in [3.63, 3.8) is 0 Å². The van der Waals surface area contributed by atoms with Gasteiger partial charge >= 0.3 is 0 Å². The first-order valence-electron chi connectivity index (χ1n) is 7.90. The highest BCUT2D eigenvalue weighted by Gasteiger charge is 2.15. The molecule has 6 nitrogen and oxygen atoms in total. The van der Waals surface area contributed by atoms with Crippen LogP contribution in [-0.4, -0.2) is 33.8 Å². The van der Waals surface area contributed by atoms with E-state index < -0.39 is 0 Å². The molecular weight excluding hydrogens is 313 g/mol. The Kier molecular flexibility index (Phi) is 6.03. The lowest BCUT2D eigenvalue weighted by Gasteiger charge is -2.18. The quantitative estimate of drug-likeness (QED) is 0.810. The Balaban J connectivity index is 1.92. The van der Waals surface area contributed by atoms with Gasteiger partial charge < -0.3 is 14.9 Å². The minimum Gasteiger partial charge on any atom is -0.396 e. The van der Waals surface area contributed by atoms with E-state index in [2.05, 4.69) is 15.5 Å². The maximum atomic E-state index is 13.6. The molecule has 0 aliphatic heterocycles. The molecular formula is C17H22FN3O3. The third-order valence-corrected chi connectivity index (χ3v) is 3.99. The van der Waals surface area contributed by atoms with Crippen LogP contribution in [-0.2, 0) is 11.2 Å². The fourth-order valence-corrected chi connectivity index (χ4v) is 2.05. The van der Waals surface area contributed by atoms with Crippen molar-refractivity contribution in [1.82, 2.24) is 15.5 Å². The van der Waals surface area contributed by atoms with Gasteiger partial charge in [-0.1, -0.05) is 24.2 Å². The Morgan fingerprint density at radius 3 is 2.83 bits per heavy atom. The van der Waals surface area contributed by atoms with Crippen molar-refractivity contribution in [2.75, 3.05) is 6.61 Å². The van der Waals surface area contributed by atoms with Crippen molar-refractivity contribution in [3.05, 3.63) is 35.5 Å². The molecule has 7 heteroatoms. The van der Waals surface area contributed by atoms with Gasteiger partial charge in [-0.05, 0) is 31.4 Å². The third-order valence-electron chi connectivity index (χ3n) is 3.99. The maximum absolute atomic E-state index is 13.6. The zero-order chi connectivity index (χ0) is 17.7. The molecule has 24 heavy (non-hydrogen) atoms. The van der Waals surface area contributed by atoms with Gasteiger partial charge in [0, 0.05) is 31.1 Å². The molecule has 2 atom stereocenters. The van der Waals surface area contributed by atoms with Crippen LogP contribution in [0, 0.1) is 18.7 Å². The predicted molar refractivity (Wildman–Crippen MR) is 86.6 cm³/mol. The number of aliphatic hydroxyl groups is 1. The molecule has 1 amide bonds. The third kappa shape index (κ3) is 4.61. The van der Waals surface area contributed by atoms with E-state index >= 15 is 0 Å². The number of aromatic nitrogens is 2. The van der Waals surface area contributed by atoms with Crippen LogP contribution < -0.4 is 5.32 Å². The van der Waals surface area contributed by atoms with Gasteiger partial charge in [0.05, 0.1) is 0 Å². The van der Waals surface area contributed by atoms with Gasteiger partial charge in [0.25, 0.3) is 0 Å². The summed E-state index contributed by atoms with van der Waals surface area (Å²) in [5.74, 6) is 0.130. The van der Waals surface area contributed by atoms with Crippen LogP contribution in [0.5, 0.6) is 0 Å². The van der Waals surface area contributed by atoms with Crippen LogP contribution >= 0.6 is 0 Å². The number of benzene rings is 1. The van der Waals surface area contributed by atoms with Gasteiger partial charge in [-0.25, -0.2) is 4.39 Å². The summed E-state index contributed by atoms with van der Waals surface area (Å²) in [6.07, 6.45) is 0.500. The Morgan fingerprint density at radius 2 is 2.17 bits per heavy atom. The summed E-state index contributed by atoms with van der Waals surface area (Å²) in [6, 6.07) is 4.61. The average molecular weight is 335 g/mol. The summed E-state index contributed by atoms with van der Waals surface area (Å²) in [6.45, 7) is 5.39. The molecule has 2 N–H and O–H groups in total. The number of hydrogen-bond donors (Lipinski definition) is 2. The van der Waals surface area contributed by atoms with E-state index in [9.17, 15) is 9.18 Å². The summed E-state index contributed by atoms with van der Waals surface area (Å²) in [4.78, 5) is 16.1. The number of aliphatic hydroxyl groups excluding tert-OH is 1. The molecule has 0 saturated carbocycles. The summed E-state index contributed by atoms with van der Waals surface area (Å²) in [7, 11) is 0. The Hall–Kier alpha value is -2.28. The lowest BCUT2D eigenvalue weighted by Crippen LogP contribution is -2.38. The van der Waals surface area contributed by atoms with Crippen LogP contribution in [0.25, 0.3) is 11.4 Å². The number of hydrogen-bond acceptors (Lipinski definition) is 5. The smallest absolute Gasteiger partial charge is 0.227 e. The molecule has 0 radical (unpaired) electrons. The number of aryl methyl sites for hydroxylation is 2. The molecule has 1 aromatic carbocycles. The Morgan fingerprint density at radius 1 is 1.42 bits per heavy atom. The lowest BCUT2D eigenvalue weighted by molar-refractivity contribution is -0.122. The maximum Gasteiger partial charge on any atom is 0.227 e. The second-order valence-corrected chi connectivity index (χ2v) is 5.99. The highest BCUT2D eigenvalue weighted by atomic mass is 19.1. The second kappa shape index (κ2) is 8.01. The molecule has 0 saturated heterocycles. The highest BCUT2D eigenvalue weighted by molar-refractivity contribution is 5.76. The minimum absolute atomic E-state index is 0.0135. The van der Waals surface area contributed by atoms with Crippen LogP contribution in [0.3, 0.4) is 0 Å². The molecule has 130 valence electrons. The summed E-state index contributed by atoms with van der Waals surface area (Å²) >= 11 is 0. The molecule has 2 unspecified atom stereocenters. The van der Waals surface area contributed by atoms with E-state index in [1.54, 1.807) is 19.1 Å². The normalized spacial score (nSPS) is 13.5. The number of carbonyl (C=O) groups is 1. The van der Waals surface area contributed by atoms with Crippen molar-refractivity contribution in [1.29, 1.82) is 0 Å². The van der Waals surface area contributed by atoms with E-state index in [1.807, 2.05) is 13.8 Å². The van der Waals surface area contributed by atoms with Crippen molar-refractivity contribution in [2.45, 2.75) is 39.7 Å². The summed E-state index contributed by atoms with van der Waals surface area (Å²) in [5.41, 5.74) is 1.08. The van der Waals surface area contributed by atoms with Crippen LogP contribution in [0.2, 0.25) is 0 Å². The number of carbonyl (C=O) groups excluding carboxylic acids is 1. The van der Waals surface area contributed by atoms with Gasteiger partial charge in [-0.2, -0.15) is 4.98 Å². The largest absolute Gasteiger partial charge is 0.396 e. The molecule has 1 heterocycles. The summed E-state index contributed by atoms with van der Waals surface area (Å²) < 4.78 is 18.7. The first-order chi connectivity index (χ1) is 11.4. The topological polar surface area (TPSA) is 88.2 Å². The van der Waals surface area contributed by atoms with Crippen molar-refractivity contribution in [2.24, 2.45) is 5.92 Å². The average Bonchev–Trinajstić information content (AvgIpc) is 3.03. The SMILES string of the molecule is Cc1ccc(-c2noc(CCC(=O)NC(C)C(C)CO)n2)cc1F. The molecule has 1 aromatic heterocycles. The molecule has 0 aliphatic carbocycles. The van der Waals surface area contributed by atoms with Gasteiger partial charge in [-0.15, -0.1) is 0 Å². The Labute approximate surface area is 140 Å². The first kappa shape index (κ1) is 18.1. The number of nitrogens with zero attached hydrogens (tertiary/aromatic N) is 2. The minimum atomic E-state index is -0.329. The number of nitrogens with one attached hydrogen (secondary N) is 1. The number of rotatable bonds is 7. The van der Waals surface area contributed by atoms with Gasteiger partial charge in [-0.3, -0.25) is 4.79 Å². The van der Waals surface area contributed by atoms with Gasteiger partial charge in [0.2, 0.25) is 17.6 Å². The zero-order valence-corrected chi connectivity index (χ0v) is 14.0. The van der Waals surface area contributed by atoms with E-state index in [0.29, 0.717) is 29.3 Å². The highest BCUT2D eigenvalue weighted by Crippen LogP contribution is 2.19. The van der Waals surface area contributed by atoms with E-state index in [1.165, 1.54) is 6.07 Å². The molecule has 2 rings (SSSR count). The molecule has 2 aromatic rings. The molecule has 0 bridgehead atoms. The van der Waals surface area contributed by atoms with Crippen LogP contribution in [0.15, 0.2) is 22.7 Å². The fraction of sp³-hybridized carbons (Fsp3) is 0.471. The predicted octanol–water partition coefficient (Wildman–Crippen LogP) is 2.25. The second-order valence-electron chi connectivity index (χ2n) is 5.99. The van der Waals surface area contributed by atoms with Crippen molar-refractivity contribution < 1.29 is 18.8 Å². The summed E-state index contributed by atoms with van der Waals surface area (Å²) in [5, 5.41) is 15.7. The van der Waals surface area contributed by atoms with Gasteiger partial charge in [0.1, 0.15) is 5.82 Å². The number of halogens is 1. The van der Waals surface area contributed by atoms with E-state index in [0.717, 1.165) is 0 Å². The number of amides is 1. The van der Waals surface area contributed by atoms with E-state index in [-0.39, 0.29) is 36.7 Å². The van der Waals surface area contributed by atoms with Crippen molar-refractivity contribution in [3.8, 4) is 11.4 Å². The van der Waals surface area contributed by atoms with E-state index in [4.69, 9.17) is 9.63 Å². The Bertz CT molecular complexity index is 702. The van der Waals surface area contributed by atoms with Crippen LogP contribution in [0.1, 0.15) is 31.7 Å². The zero-order valence-electron chi connectivity index (χ0n) is 14.0. The molecule has 0 fully saturated rings.